The molecule has 2 heterocycles. The highest BCUT2D eigenvalue weighted by molar-refractivity contribution is 5.94. The molecular weight excluding hydrogens is 393 g/mol. The fraction of sp³-hybridized carbons (Fsp3) is 0.318. The Hall–Kier alpha value is -3.16. The number of benzene rings is 1. The van der Waals surface area contributed by atoms with Gasteiger partial charge in [-0.1, -0.05) is 30.3 Å². The van der Waals surface area contributed by atoms with Crippen molar-refractivity contribution in [1.29, 1.82) is 0 Å². The number of alkyl halides is 3. The number of nitrogens with one attached hydrogen (secondary N) is 1. The van der Waals surface area contributed by atoms with Crippen LogP contribution in [0.3, 0.4) is 0 Å². The molecule has 1 aromatic carbocycles. The molecule has 0 bridgehead atoms. The molecule has 1 amide bonds. The summed E-state index contributed by atoms with van der Waals surface area (Å²) >= 11 is 0. The third-order valence-corrected chi connectivity index (χ3v) is 4.65. The monoisotopic (exact) mass is 416 g/mol. The minimum absolute atomic E-state index is 0.0443. The fourth-order valence-corrected chi connectivity index (χ4v) is 2.99. The van der Waals surface area contributed by atoms with Crippen molar-refractivity contribution in [2.75, 3.05) is 0 Å². The van der Waals surface area contributed by atoms with Crippen LogP contribution >= 0.6 is 0 Å². The number of aryl methyl sites for hydroxylation is 1. The molecule has 1 unspecified atom stereocenters. The highest BCUT2D eigenvalue weighted by Gasteiger charge is 2.42. The molecule has 1 N–H and O–H groups in total. The van der Waals surface area contributed by atoms with Crippen molar-refractivity contribution in [2.24, 2.45) is 0 Å². The minimum atomic E-state index is -4.64. The first kappa shape index (κ1) is 21.5. The summed E-state index contributed by atoms with van der Waals surface area (Å²) in [6.07, 6.45) is 0.340. The summed E-state index contributed by atoms with van der Waals surface area (Å²) in [7, 11) is 0. The molecule has 0 aliphatic heterocycles. The van der Waals surface area contributed by atoms with Crippen molar-refractivity contribution in [1.82, 2.24) is 20.1 Å². The number of halogens is 3. The molecule has 5 nitrogen and oxygen atoms in total. The van der Waals surface area contributed by atoms with E-state index in [4.69, 9.17) is 0 Å². The summed E-state index contributed by atoms with van der Waals surface area (Å²) in [6, 6.07) is 6.63. The predicted molar refractivity (Wildman–Crippen MR) is 108 cm³/mol. The SMILES string of the molecule is Cc1cnc(C(=O)NC(c2ccccc2)C(F)(F)F)cc1-c1cnn(C(C)(C)C)c1. The predicted octanol–water partition coefficient (Wildman–Crippen LogP) is 5.04. The van der Waals surface area contributed by atoms with E-state index in [1.54, 1.807) is 16.9 Å². The number of nitrogens with zero attached hydrogens (tertiary/aromatic N) is 3. The highest BCUT2D eigenvalue weighted by atomic mass is 19.4. The Kier molecular flexibility index (Phi) is 5.70. The standard InChI is InChI=1S/C22H23F3N4O/c1-14-11-26-18(10-17(14)16-12-27-29(13-16)21(2,3)4)20(30)28-19(22(23,24)25)15-8-6-5-7-9-15/h5-13,19H,1-4H3,(H,28,30). The Morgan fingerprint density at radius 1 is 1.10 bits per heavy atom. The number of rotatable bonds is 4. The van der Waals surface area contributed by atoms with Crippen LogP contribution in [0.1, 0.15) is 48.4 Å². The van der Waals surface area contributed by atoms with Gasteiger partial charge < -0.3 is 5.32 Å². The molecule has 30 heavy (non-hydrogen) atoms. The van der Waals surface area contributed by atoms with Crippen LogP contribution in [0.2, 0.25) is 0 Å². The van der Waals surface area contributed by atoms with Crippen molar-refractivity contribution in [2.45, 2.75) is 45.5 Å². The molecule has 0 radical (unpaired) electrons. The maximum atomic E-state index is 13.6. The van der Waals surface area contributed by atoms with E-state index in [1.165, 1.54) is 36.5 Å². The minimum Gasteiger partial charge on any atom is -0.335 e. The van der Waals surface area contributed by atoms with Gasteiger partial charge in [0, 0.05) is 18.0 Å². The molecule has 0 spiro atoms. The highest BCUT2D eigenvalue weighted by Crippen LogP contribution is 2.33. The lowest BCUT2D eigenvalue weighted by molar-refractivity contribution is -0.155. The molecule has 8 heteroatoms. The van der Waals surface area contributed by atoms with E-state index in [2.05, 4.69) is 15.4 Å². The lowest BCUT2D eigenvalue weighted by Crippen LogP contribution is -2.38. The topological polar surface area (TPSA) is 59.8 Å². The van der Waals surface area contributed by atoms with E-state index in [9.17, 15) is 18.0 Å². The number of pyridine rings is 1. The Morgan fingerprint density at radius 3 is 2.33 bits per heavy atom. The summed E-state index contributed by atoms with van der Waals surface area (Å²) in [4.78, 5) is 16.7. The molecule has 1 atom stereocenters. The average molecular weight is 416 g/mol. The van der Waals surface area contributed by atoms with Crippen LogP contribution < -0.4 is 5.32 Å². The van der Waals surface area contributed by atoms with Crippen molar-refractivity contribution in [3.05, 3.63) is 71.8 Å². The molecule has 0 fully saturated rings. The third-order valence-electron chi connectivity index (χ3n) is 4.65. The second-order valence-corrected chi connectivity index (χ2v) is 8.09. The van der Waals surface area contributed by atoms with Gasteiger partial charge in [0.25, 0.3) is 5.91 Å². The van der Waals surface area contributed by atoms with E-state index in [-0.39, 0.29) is 16.8 Å². The molecule has 3 rings (SSSR count). The van der Waals surface area contributed by atoms with Gasteiger partial charge in [0.2, 0.25) is 0 Å². The number of hydrogen-bond donors (Lipinski definition) is 1. The average Bonchev–Trinajstić information content (AvgIpc) is 3.16. The van der Waals surface area contributed by atoms with Crippen molar-refractivity contribution in [3.8, 4) is 11.1 Å². The molecule has 0 aliphatic rings. The lowest BCUT2D eigenvalue weighted by Gasteiger charge is -2.22. The van der Waals surface area contributed by atoms with Gasteiger partial charge in [-0.25, -0.2) is 0 Å². The summed E-state index contributed by atoms with van der Waals surface area (Å²) in [5, 5.41) is 6.42. The van der Waals surface area contributed by atoms with E-state index < -0.39 is 18.1 Å². The summed E-state index contributed by atoms with van der Waals surface area (Å²) in [5.41, 5.74) is 1.87. The van der Waals surface area contributed by atoms with E-state index in [0.717, 1.165) is 11.1 Å². The van der Waals surface area contributed by atoms with Gasteiger partial charge in [0.15, 0.2) is 6.04 Å². The number of carbonyl (C=O) groups is 1. The maximum Gasteiger partial charge on any atom is 0.412 e. The van der Waals surface area contributed by atoms with Gasteiger partial charge in [-0.3, -0.25) is 14.5 Å². The maximum absolute atomic E-state index is 13.6. The quantitative estimate of drug-likeness (QED) is 0.648. The number of amides is 1. The zero-order valence-corrected chi connectivity index (χ0v) is 17.2. The Labute approximate surface area is 173 Å². The van der Waals surface area contributed by atoms with Crippen LogP contribution in [0.15, 0.2) is 55.0 Å². The molecule has 0 aliphatic carbocycles. The van der Waals surface area contributed by atoms with Crippen LogP contribution in [-0.4, -0.2) is 26.8 Å². The van der Waals surface area contributed by atoms with Crippen LogP contribution in [-0.2, 0) is 5.54 Å². The molecule has 3 aromatic rings. The summed E-state index contributed by atoms with van der Waals surface area (Å²) < 4.78 is 42.5. The number of carbonyl (C=O) groups excluding carboxylic acids is 1. The van der Waals surface area contributed by atoms with E-state index in [0.29, 0.717) is 5.56 Å². The van der Waals surface area contributed by atoms with Crippen LogP contribution in [0.4, 0.5) is 13.2 Å². The van der Waals surface area contributed by atoms with Crippen molar-refractivity contribution >= 4 is 5.91 Å². The molecule has 0 saturated carbocycles. The van der Waals surface area contributed by atoms with Gasteiger partial charge >= 0.3 is 6.18 Å². The van der Waals surface area contributed by atoms with Crippen LogP contribution in [0.5, 0.6) is 0 Å². The van der Waals surface area contributed by atoms with Crippen molar-refractivity contribution in [3.63, 3.8) is 0 Å². The molecule has 0 saturated heterocycles. The fourth-order valence-electron chi connectivity index (χ4n) is 2.99. The first-order valence-electron chi connectivity index (χ1n) is 9.41. The first-order valence-corrected chi connectivity index (χ1v) is 9.41. The summed E-state index contributed by atoms with van der Waals surface area (Å²) in [5.74, 6) is -0.898. The lowest BCUT2D eigenvalue weighted by atomic mass is 10.0. The Bertz CT molecular complexity index is 1040. The van der Waals surface area contributed by atoms with E-state index >= 15 is 0 Å². The number of aromatic nitrogens is 3. The zero-order valence-electron chi connectivity index (χ0n) is 17.2. The molecular formula is C22H23F3N4O. The zero-order chi connectivity index (χ0) is 22.1. The van der Waals surface area contributed by atoms with Crippen molar-refractivity contribution < 1.29 is 18.0 Å². The molecule has 2 aromatic heterocycles. The smallest absolute Gasteiger partial charge is 0.335 e. The molecule has 158 valence electrons. The first-order chi connectivity index (χ1) is 14.0. The van der Waals surface area contributed by atoms with Gasteiger partial charge in [-0.05, 0) is 50.5 Å². The van der Waals surface area contributed by atoms with Gasteiger partial charge in [0.1, 0.15) is 5.69 Å². The van der Waals surface area contributed by atoms with Crippen LogP contribution in [0, 0.1) is 6.92 Å². The van der Waals surface area contributed by atoms with Gasteiger partial charge in [-0.2, -0.15) is 18.3 Å². The number of hydrogen-bond acceptors (Lipinski definition) is 3. The van der Waals surface area contributed by atoms with Gasteiger partial charge in [0.05, 0.1) is 11.7 Å². The van der Waals surface area contributed by atoms with Gasteiger partial charge in [-0.15, -0.1) is 0 Å². The second-order valence-electron chi connectivity index (χ2n) is 8.09. The largest absolute Gasteiger partial charge is 0.412 e. The Balaban J connectivity index is 1.91. The van der Waals surface area contributed by atoms with Crippen LogP contribution in [0.25, 0.3) is 11.1 Å². The summed E-state index contributed by atoms with van der Waals surface area (Å²) in [6.45, 7) is 7.83. The Morgan fingerprint density at radius 2 is 1.77 bits per heavy atom. The third kappa shape index (κ3) is 4.69. The second kappa shape index (κ2) is 7.93. The van der Waals surface area contributed by atoms with E-state index in [1.807, 2.05) is 33.9 Å². The normalized spacial score (nSPS) is 13.2.